The van der Waals surface area contributed by atoms with Gasteiger partial charge >= 0.3 is 0 Å². The molecule has 5 nitrogen and oxygen atoms in total. The minimum atomic E-state index is -3.70. The van der Waals surface area contributed by atoms with Crippen molar-refractivity contribution in [3.63, 3.8) is 0 Å². The number of amides is 1. The lowest BCUT2D eigenvalue weighted by Crippen LogP contribution is -2.13. The number of hydrogen-bond acceptors (Lipinski definition) is 3. The highest BCUT2D eigenvalue weighted by Crippen LogP contribution is 2.18. The first-order chi connectivity index (χ1) is 13.4. The van der Waals surface area contributed by atoms with Crippen molar-refractivity contribution in [1.82, 2.24) is 0 Å². The molecule has 3 aromatic carbocycles. The lowest BCUT2D eigenvalue weighted by atomic mass is 10.2. The van der Waals surface area contributed by atoms with E-state index < -0.39 is 10.0 Å². The molecule has 0 aliphatic carbocycles. The molecule has 0 saturated carbocycles. The van der Waals surface area contributed by atoms with Gasteiger partial charge in [0, 0.05) is 22.5 Å². The summed E-state index contributed by atoms with van der Waals surface area (Å²) in [7, 11) is -3.70. The highest BCUT2D eigenvalue weighted by atomic mass is 35.5. The third-order valence-electron chi connectivity index (χ3n) is 3.76. The van der Waals surface area contributed by atoms with Crippen molar-refractivity contribution in [3.8, 4) is 0 Å². The van der Waals surface area contributed by atoms with Crippen LogP contribution in [0.4, 0.5) is 11.4 Å². The number of benzene rings is 3. The molecule has 0 spiro atoms. The zero-order valence-electron chi connectivity index (χ0n) is 14.7. The first-order valence-electron chi connectivity index (χ1n) is 8.35. The van der Waals surface area contributed by atoms with Crippen LogP contribution in [0.25, 0.3) is 6.08 Å². The molecule has 0 unspecified atom stereocenters. The smallest absolute Gasteiger partial charge is 0.261 e. The van der Waals surface area contributed by atoms with E-state index in [4.69, 9.17) is 11.6 Å². The van der Waals surface area contributed by atoms with Crippen LogP contribution >= 0.6 is 11.6 Å². The highest BCUT2D eigenvalue weighted by molar-refractivity contribution is 7.92. The van der Waals surface area contributed by atoms with E-state index in [0.29, 0.717) is 16.4 Å². The van der Waals surface area contributed by atoms with Crippen LogP contribution in [0.5, 0.6) is 0 Å². The SMILES string of the molecule is O=C(/C=C/c1ccc(Cl)cc1)Nc1ccc(S(=O)(=O)Nc2ccccc2)cc1. The van der Waals surface area contributed by atoms with Crippen LogP contribution in [-0.2, 0) is 14.8 Å². The van der Waals surface area contributed by atoms with Crippen LogP contribution in [0.2, 0.25) is 5.02 Å². The summed E-state index contributed by atoms with van der Waals surface area (Å²) in [6, 6.07) is 21.6. The second-order valence-corrected chi connectivity index (χ2v) is 7.99. The van der Waals surface area contributed by atoms with Gasteiger partial charge in [-0.15, -0.1) is 0 Å². The summed E-state index contributed by atoms with van der Waals surface area (Å²) < 4.78 is 27.3. The molecule has 0 radical (unpaired) electrons. The Balaban J connectivity index is 1.63. The molecule has 1 amide bonds. The van der Waals surface area contributed by atoms with Crippen LogP contribution in [0.3, 0.4) is 0 Å². The van der Waals surface area contributed by atoms with Gasteiger partial charge in [-0.25, -0.2) is 8.42 Å². The van der Waals surface area contributed by atoms with Gasteiger partial charge < -0.3 is 5.32 Å². The van der Waals surface area contributed by atoms with Crippen molar-refractivity contribution in [2.75, 3.05) is 10.0 Å². The normalized spacial score (nSPS) is 11.3. The Hall–Kier alpha value is -3.09. The van der Waals surface area contributed by atoms with Crippen molar-refractivity contribution in [2.24, 2.45) is 0 Å². The lowest BCUT2D eigenvalue weighted by Gasteiger charge is -2.09. The van der Waals surface area contributed by atoms with Crippen molar-refractivity contribution < 1.29 is 13.2 Å². The van der Waals surface area contributed by atoms with Crippen molar-refractivity contribution >= 4 is 45.0 Å². The Morgan fingerprint density at radius 3 is 2.11 bits per heavy atom. The summed E-state index contributed by atoms with van der Waals surface area (Å²) in [4.78, 5) is 12.1. The molecule has 0 heterocycles. The maximum Gasteiger partial charge on any atom is 0.261 e. The molecule has 2 N–H and O–H groups in total. The fraction of sp³-hybridized carbons (Fsp3) is 0. The highest BCUT2D eigenvalue weighted by Gasteiger charge is 2.14. The molecule has 142 valence electrons. The van der Waals surface area contributed by atoms with Crippen LogP contribution in [0.15, 0.2) is 89.8 Å². The lowest BCUT2D eigenvalue weighted by molar-refractivity contribution is -0.111. The van der Waals surface area contributed by atoms with Crippen molar-refractivity contribution in [3.05, 3.63) is 95.5 Å². The topological polar surface area (TPSA) is 75.3 Å². The molecule has 0 fully saturated rings. The molecule has 0 aliphatic heterocycles. The third kappa shape index (κ3) is 5.45. The Morgan fingerprint density at radius 2 is 1.46 bits per heavy atom. The molecule has 0 atom stereocenters. The fourth-order valence-electron chi connectivity index (χ4n) is 2.37. The van der Waals surface area contributed by atoms with E-state index in [9.17, 15) is 13.2 Å². The van der Waals surface area contributed by atoms with E-state index in [0.717, 1.165) is 5.56 Å². The number of carbonyl (C=O) groups is 1. The molecule has 0 saturated heterocycles. The van der Waals surface area contributed by atoms with Crippen LogP contribution in [-0.4, -0.2) is 14.3 Å². The summed E-state index contributed by atoms with van der Waals surface area (Å²) in [6.45, 7) is 0. The number of carbonyl (C=O) groups excluding carboxylic acids is 1. The molecule has 0 aromatic heterocycles. The van der Waals surface area contributed by atoms with E-state index >= 15 is 0 Å². The van der Waals surface area contributed by atoms with Gasteiger partial charge in [0.15, 0.2) is 0 Å². The predicted molar refractivity (Wildman–Crippen MR) is 113 cm³/mol. The van der Waals surface area contributed by atoms with Gasteiger partial charge in [0.25, 0.3) is 10.0 Å². The second-order valence-electron chi connectivity index (χ2n) is 5.87. The van der Waals surface area contributed by atoms with E-state index in [2.05, 4.69) is 10.0 Å². The van der Waals surface area contributed by atoms with E-state index in [1.165, 1.54) is 30.3 Å². The van der Waals surface area contributed by atoms with Gasteiger partial charge in [0.2, 0.25) is 5.91 Å². The number of rotatable bonds is 6. The quantitative estimate of drug-likeness (QED) is 0.571. The standard InChI is InChI=1S/C21H17ClN2O3S/c22-17-9-6-16(7-10-17)8-15-21(25)23-18-11-13-20(14-12-18)28(26,27)24-19-4-2-1-3-5-19/h1-15,24H,(H,23,25)/b15-8+. The largest absolute Gasteiger partial charge is 0.323 e. The maximum atomic E-state index is 12.4. The van der Waals surface area contributed by atoms with Crippen LogP contribution in [0, 0.1) is 0 Å². The van der Waals surface area contributed by atoms with Gasteiger partial charge in [-0.2, -0.15) is 0 Å². The second kappa shape index (κ2) is 8.73. The fourth-order valence-corrected chi connectivity index (χ4v) is 3.55. The summed E-state index contributed by atoms with van der Waals surface area (Å²) in [5, 5.41) is 3.31. The van der Waals surface area contributed by atoms with Gasteiger partial charge in [0.1, 0.15) is 0 Å². The molecule has 0 bridgehead atoms. The molecule has 28 heavy (non-hydrogen) atoms. The molecular formula is C21H17ClN2O3S. The van der Waals surface area contributed by atoms with Gasteiger partial charge in [-0.3, -0.25) is 9.52 Å². The van der Waals surface area contributed by atoms with Crippen molar-refractivity contribution in [2.45, 2.75) is 4.90 Å². The van der Waals surface area contributed by atoms with Gasteiger partial charge in [-0.05, 0) is 60.2 Å². The first-order valence-corrected chi connectivity index (χ1v) is 10.2. The van der Waals surface area contributed by atoms with E-state index in [1.54, 1.807) is 60.7 Å². The zero-order chi connectivity index (χ0) is 20.0. The Kier molecular flexibility index (Phi) is 6.13. The summed E-state index contributed by atoms with van der Waals surface area (Å²) in [5.74, 6) is -0.326. The Bertz CT molecular complexity index is 1080. The number of halogens is 1. The molecular weight excluding hydrogens is 396 g/mol. The van der Waals surface area contributed by atoms with E-state index in [-0.39, 0.29) is 10.8 Å². The number of sulfonamides is 1. The molecule has 0 aliphatic rings. The zero-order valence-corrected chi connectivity index (χ0v) is 16.2. The Labute approximate surface area is 168 Å². The Morgan fingerprint density at radius 1 is 0.821 bits per heavy atom. The number of nitrogens with one attached hydrogen (secondary N) is 2. The summed E-state index contributed by atoms with van der Waals surface area (Å²) >= 11 is 5.82. The maximum absolute atomic E-state index is 12.4. The van der Waals surface area contributed by atoms with Crippen LogP contribution < -0.4 is 10.0 Å². The summed E-state index contributed by atoms with van der Waals surface area (Å²) in [5.41, 5.74) is 1.81. The first kappa shape index (κ1) is 19.7. The van der Waals surface area contributed by atoms with E-state index in [1.807, 2.05) is 0 Å². The van der Waals surface area contributed by atoms with Gasteiger partial charge in [-0.1, -0.05) is 41.9 Å². The minimum absolute atomic E-state index is 0.103. The van der Waals surface area contributed by atoms with Crippen molar-refractivity contribution in [1.29, 1.82) is 0 Å². The number of hydrogen-bond donors (Lipinski definition) is 2. The monoisotopic (exact) mass is 412 g/mol. The number of para-hydroxylation sites is 1. The summed E-state index contributed by atoms with van der Waals surface area (Å²) in [6.07, 6.45) is 3.05. The average Bonchev–Trinajstić information content (AvgIpc) is 2.68. The molecule has 3 aromatic rings. The molecule has 7 heteroatoms. The van der Waals surface area contributed by atoms with Gasteiger partial charge in [0.05, 0.1) is 4.90 Å². The van der Waals surface area contributed by atoms with Crippen LogP contribution in [0.1, 0.15) is 5.56 Å². The third-order valence-corrected chi connectivity index (χ3v) is 5.40. The molecule has 3 rings (SSSR count). The number of anilines is 2. The minimum Gasteiger partial charge on any atom is -0.323 e. The predicted octanol–water partition coefficient (Wildman–Crippen LogP) is 4.79. The average molecular weight is 413 g/mol.